The quantitative estimate of drug-likeness (QED) is 0.0443. The SMILES string of the molecule is CCC(C)Cn1nc(C(=O)N[C@@H](CCc2cccc(-c3ccc(OC)c(-c4cc(C(=O)N[C@@H](CCc5ccccc5)C(=O)N(C)CC(=O)OC)nn4C(C)C(C)C)c3OC)c2)C(=O)N(C)CC(=O)OC)cc1-c1c(OC)cccc1OC. The van der Waals surface area contributed by atoms with Crippen molar-refractivity contribution in [2.45, 2.75) is 91.4 Å². The molecule has 2 heterocycles. The van der Waals surface area contributed by atoms with Crippen LogP contribution < -0.4 is 29.6 Å². The van der Waals surface area contributed by atoms with Crippen LogP contribution >= 0.6 is 0 Å². The summed E-state index contributed by atoms with van der Waals surface area (Å²) < 4.78 is 37.0. The number of benzene rings is 4. The van der Waals surface area contributed by atoms with Gasteiger partial charge in [0, 0.05) is 26.2 Å². The second-order valence-corrected chi connectivity index (χ2v) is 20.6. The molecule has 0 radical (unpaired) electrons. The minimum Gasteiger partial charge on any atom is -0.496 e. The lowest BCUT2D eigenvalue weighted by molar-refractivity contribution is -0.146. The van der Waals surface area contributed by atoms with Crippen LogP contribution in [0.4, 0.5) is 0 Å². The van der Waals surface area contributed by atoms with E-state index in [4.69, 9.17) is 38.6 Å². The molecule has 20 nitrogen and oxygen atoms in total. The molecule has 0 spiro atoms. The third-order valence-corrected chi connectivity index (χ3v) is 14.7. The molecule has 0 saturated heterocycles. The molecular formula is C62H78N8O12. The Kier molecular flexibility index (Phi) is 22.2. The first-order valence-electron chi connectivity index (χ1n) is 27.3. The van der Waals surface area contributed by atoms with E-state index in [2.05, 4.69) is 24.5 Å². The second-order valence-electron chi connectivity index (χ2n) is 20.6. The minimum atomic E-state index is -1.11. The average molecular weight is 1130 g/mol. The van der Waals surface area contributed by atoms with E-state index in [0.29, 0.717) is 70.5 Å². The number of carbonyl (C=O) groups is 6. The first-order valence-corrected chi connectivity index (χ1v) is 27.3. The van der Waals surface area contributed by atoms with E-state index in [0.717, 1.165) is 23.1 Å². The highest BCUT2D eigenvalue weighted by molar-refractivity contribution is 5.99. The molecule has 2 unspecified atom stereocenters. The number of carbonyl (C=O) groups excluding carboxylic acids is 6. The summed E-state index contributed by atoms with van der Waals surface area (Å²) in [5.74, 6) is -1.25. The normalized spacial score (nSPS) is 12.6. The maximum absolute atomic E-state index is 14.4. The van der Waals surface area contributed by atoms with Crippen LogP contribution in [0.15, 0.2) is 97.1 Å². The Hall–Kier alpha value is -8.68. The number of nitrogens with zero attached hydrogens (tertiary/aromatic N) is 6. The molecule has 0 fully saturated rings. The number of esters is 2. The van der Waals surface area contributed by atoms with Gasteiger partial charge in [0.25, 0.3) is 11.8 Å². The third-order valence-electron chi connectivity index (χ3n) is 14.7. The Morgan fingerprint density at radius 3 is 1.61 bits per heavy atom. The van der Waals surface area contributed by atoms with Crippen LogP contribution in [0.5, 0.6) is 23.0 Å². The van der Waals surface area contributed by atoms with Crippen LogP contribution in [0, 0.1) is 11.8 Å². The van der Waals surface area contributed by atoms with Crippen LogP contribution in [0.1, 0.15) is 92.0 Å². The van der Waals surface area contributed by atoms with Gasteiger partial charge in [-0.05, 0) is 97.5 Å². The van der Waals surface area contributed by atoms with Crippen LogP contribution in [-0.2, 0) is 48.0 Å². The molecule has 4 aromatic carbocycles. The number of aromatic nitrogens is 4. The predicted molar refractivity (Wildman–Crippen MR) is 311 cm³/mol. The molecule has 0 saturated carbocycles. The summed E-state index contributed by atoms with van der Waals surface area (Å²) in [6.07, 6.45) is 1.99. The van der Waals surface area contributed by atoms with E-state index < -0.39 is 47.7 Å². The monoisotopic (exact) mass is 1130 g/mol. The predicted octanol–water partition coefficient (Wildman–Crippen LogP) is 8.10. The average Bonchev–Trinajstić information content (AvgIpc) is 4.33. The molecule has 2 N–H and O–H groups in total. The first kappa shape index (κ1) is 62.5. The molecular weight excluding hydrogens is 1050 g/mol. The number of amides is 4. The maximum atomic E-state index is 14.4. The van der Waals surface area contributed by atoms with E-state index in [-0.39, 0.29) is 55.2 Å². The van der Waals surface area contributed by atoms with Gasteiger partial charge in [-0.2, -0.15) is 10.2 Å². The minimum absolute atomic E-state index is 0.0390. The van der Waals surface area contributed by atoms with Crippen molar-refractivity contribution >= 4 is 35.6 Å². The van der Waals surface area contributed by atoms with E-state index in [1.165, 1.54) is 38.1 Å². The molecule has 0 aliphatic heterocycles. The van der Waals surface area contributed by atoms with Gasteiger partial charge in [-0.25, -0.2) is 0 Å². The number of likely N-dealkylation sites (N-methyl/N-ethyl adjacent to an activating group) is 2. The first-order chi connectivity index (χ1) is 39.3. The zero-order valence-corrected chi connectivity index (χ0v) is 49.4. The molecule has 0 aliphatic rings. The van der Waals surface area contributed by atoms with Gasteiger partial charge >= 0.3 is 11.9 Å². The van der Waals surface area contributed by atoms with Crippen molar-refractivity contribution in [3.8, 4) is 56.6 Å². The number of ether oxygens (including phenoxy) is 6. The van der Waals surface area contributed by atoms with Crippen LogP contribution in [0.3, 0.4) is 0 Å². The Morgan fingerprint density at radius 1 is 0.573 bits per heavy atom. The van der Waals surface area contributed by atoms with Crippen molar-refractivity contribution in [1.82, 2.24) is 40.0 Å². The fourth-order valence-electron chi connectivity index (χ4n) is 9.44. The van der Waals surface area contributed by atoms with Crippen molar-refractivity contribution in [2.75, 3.05) is 69.8 Å². The number of hydrogen-bond acceptors (Lipinski definition) is 14. The molecule has 0 bridgehead atoms. The van der Waals surface area contributed by atoms with Crippen LogP contribution in [0.25, 0.3) is 33.6 Å². The zero-order chi connectivity index (χ0) is 59.8. The van der Waals surface area contributed by atoms with Gasteiger partial charge in [0.15, 0.2) is 11.4 Å². The molecule has 4 atom stereocenters. The summed E-state index contributed by atoms with van der Waals surface area (Å²) in [5.41, 5.74) is 5.55. The van der Waals surface area contributed by atoms with Gasteiger partial charge in [-0.3, -0.25) is 38.1 Å². The standard InChI is InChI=1S/C62H78N8O12/c1-14-39(4)35-69-49(56-51(77-8)24-19-25-52(56)78-9)33-47(65-69)59(73)63-46(62(76)68(7)37-55(72)81-12)30-27-42-22-18-23-43(32-42)44-28-31-53(79-10)57(58(44)82-13)50-34-48(66-70(50)40(5)38(2)3)60(74)64-45(29-26-41-20-16-15-17-21-41)61(75)67(6)36-54(71)80-11/h15-25,28,31-34,38-40,45-46H,14,26-27,29-30,35-37H2,1-13H3,(H,63,73)(H,64,74)/t39?,40?,45-,46-/m0/s1. The number of methoxy groups -OCH3 is 6. The van der Waals surface area contributed by atoms with Gasteiger partial charge in [0.2, 0.25) is 11.8 Å². The molecule has 2 aromatic heterocycles. The lowest BCUT2D eigenvalue weighted by Crippen LogP contribution is -2.49. The van der Waals surface area contributed by atoms with Crippen molar-refractivity contribution in [3.63, 3.8) is 0 Å². The number of hydrogen-bond donors (Lipinski definition) is 2. The van der Waals surface area contributed by atoms with Crippen molar-refractivity contribution in [1.29, 1.82) is 0 Å². The smallest absolute Gasteiger partial charge is 0.325 e. The lowest BCUT2D eigenvalue weighted by atomic mass is 9.95. The molecule has 0 aliphatic carbocycles. The topological polar surface area (TPSA) is 224 Å². The maximum Gasteiger partial charge on any atom is 0.325 e. The fraction of sp³-hybridized carbons (Fsp3) is 0.419. The Bertz CT molecular complexity index is 3170. The second kappa shape index (κ2) is 29.2. The van der Waals surface area contributed by atoms with Crippen molar-refractivity contribution in [3.05, 3.63) is 120 Å². The van der Waals surface area contributed by atoms with E-state index >= 15 is 0 Å². The van der Waals surface area contributed by atoms with Crippen LogP contribution in [0.2, 0.25) is 0 Å². The van der Waals surface area contributed by atoms with Gasteiger partial charge in [-0.15, -0.1) is 0 Å². The Labute approximate surface area is 480 Å². The van der Waals surface area contributed by atoms with Gasteiger partial charge in [-0.1, -0.05) is 94.8 Å². The van der Waals surface area contributed by atoms with E-state index in [1.54, 1.807) is 62.1 Å². The molecule has 4 amide bonds. The molecule has 438 valence electrons. The van der Waals surface area contributed by atoms with Crippen molar-refractivity contribution in [2.24, 2.45) is 11.8 Å². The summed E-state index contributed by atoms with van der Waals surface area (Å²) in [4.78, 5) is 84.2. The molecule has 6 rings (SSSR count). The van der Waals surface area contributed by atoms with E-state index in [1.807, 2.05) is 93.6 Å². The number of nitrogens with one attached hydrogen (secondary N) is 2. The molecule has 6 aromatic rings. The van der Waals surface area contributed by atoms with Gasteiger partial charge in [0.05, 0.1) is 71.2 Å². The molecule has 20 heteroatoms. The summed E-state index contributed by atoms with van der Waals surface area (Å²) in [6.45, 7) is 10.1. The largest absolute Gasteiger partial charge is 0.496 e. The van der Waals surface area contributed by atoms with Gasteiger partial charge < -0.3 is 48.9 Å². The van der Waals surface area contributed by atoms with Crippen LogP contribution in [-0.4, -0.2) is 147 Å². The summed E-state index contributed by atoms with van der Waals surface area (Å²) in [5, 5.41) is 15.5. The fourth-order valence-corrected chi connectivity index (χ4v) is 9.44. The zero-order valence-electron chi connectivity index (χ0n) is 49.4. The van der Waals surface area contributed by atoms with E-state index in [9.17, 15) is 28.8 Å². The highest BCUT2D eigenvalue weighted by atomic mass is 16.5. The van der Waals surface area contributed by atoms with Crippen molar-refractivity contribution < 1.29 is 57.2 Å². The summed E-state index contributed by atoms with van der Waals surface area (Å²) in [7, 11) is 11.6. The van der Waals surface area contributed by atoms with Gasteiger partial charge in [0.1, 0.15) is 48.2 Å². The number of rotatable bonds is 28. The number of aryl methyl sites for hydroxylation is 2. The third kappa shape index (κ3) is 15.2. The Morgan fingerprint density at radius 2 is 1.09 bits per heavy atom. The molecule has 82 heavy (non-hydrogen) atoms. The Balaban J connectivity index is 1.35. The summed E-state index contributed by atoms with van der Waals surface area (Å²) >= 11 is 0. The summed E-state index contributed by atoms with van der Waals surface area (Å²) in [6, 6.07) is 27.3. The lowest BCUT2D eigenvalue weighted by Gasteiger charge is -2.24. The highest BCUT2D eigenvalue weighted by Crippen LogP contribution is 2.46. The highest BCUT2D eigenvalue weighted by Gasteiger charge is 2.32.